The van der Waals surface area contributed by atoms with E-state index in [1.54, 1.807) is 46.9 Å². The molecule has 0 saturated heterocycles. The zero-order valence-electron chi connectivity index (χ0n) is 9.62. The Kier molecular flexibility index (Phi) is 3.98. The summed E-state index contributed by atoms with van der Waals surface area (Å²) in [4.78, 5) is 11.8. The van der Waals surface area contributed by atoms with E-state index in [-0.39, 0.29) is 6.54 Å². The molecule has 0 atom stereocenters. The van der Waals surface area contributed by atoms with Gasteiger partial charge in [-0.3, -0.25) is 4.79 Å². The van der Waals surface area contributed by atoms with E-state index in [4.69, 9.17) is 0 Å². The van der Waals surface area contributed by atoms with Crippen molar-refractivity contribution in [1.82, 2.24) is 4.57 Å². The first-order chi connectivity index (χ1) is 8.88. The molecule has 2 aromatic rings. The third-order valence-corrected chi connectivity index (χ3v) is 3.14. The highest BCUT2D eigenvalue weighted by Gasteiger charge is 2.34. The maximum atomic E-state index is 12.7. The first-order valence-electron chi connectivity index (χ1n) is 5.39. The summed E-state index contributed by atoms with van der Waals surface area (Å²) in [6.07, 6.45) is -3.21. The molecule has 1 aromatic carbocycles. The van der Waals surface area contributed by atoms with Gasteiger partial charge in [-0.15, -0.1) is 0 Å². The Morgan fingerprint density at radius 1 is 1.16 bits per heavy atom. The summed E-state index contributed by atoms with van der Waals surface area (Å²) in [7, 11) is 0. The maximum absolute atomic E-state index is 12.7. The molecule has 100 valence electrons. The van der Waals surface area contributed by atoms with Crippen molar-refractivity contribution >= 4 is 22.6 Å². The van der Waals surface area contributed by atoms with Crippen molar-refractivity contribution in [1.29, 1.82) is 0 Å². The molecule has 0 aliphatic carbocycles. The van der Waals surface area contributed by atoms with Gasteiger partial charge < -0.3 is 4.57 Å². The van der Waals surface area contributed by atoms with E-state index in [1.807, 2.05) is 6.07 Å². The van der Waals surface area contributed by atoms with Crippen LogP contribution in [0.2, 0.25) is 0 Å². The number of hydrogen-bond donors (Lipinski definition) is 0. The van der Waals surface area contributed by atoms with Crippen LogP contribution in [0.15, 0.2) is 47.4 Å². The second-order valence-corrected chi connectivity index (χ2v) is 5.23. The number of aromatic nitrogens is 1. The fraction of sp³-hybridized carbons (Fsp3) is 0.154. The van der Waals surface area contributed by atoms with E-state index < -0.39 is 17.3 Å². The van der Waals surface area contributed by atoms with Crippen LogP contribution in [0.5, 0.6) is 0 Å². The molecule has 0 fully saturated rings. The van der Waals surface area contributed by atoms with Crippen molar-refractivity contribution < 1.29 is 13.2 Å². The van der Waals surface area contributed by atoms with Crippen LogP contribution in [-0.2, 0) is 12.7 Å². The lowest BCUT2D eigenvalue weighted by molar-refractivity contribution is -0.139. The third kappa shape index (κ3) is 3.37. The average Bonchev–Trinajstić information content (AvgIpc) is 2.33. The Morgan fingerprint density at radius 2 is 1.79 bits per heavy atom. The van der Waals surface area contributed by atoms with E-state index in [2.05, 4.69) is 0 Å². The quantitative estimate of drug-likeness (QED) is 0.732. The minimum absolute atomic E-state index is 0.125. The minimum atomic E-state index is -4.63. The van der Waals surface area contributed by atoms with Crippen molar-refractivity contribution in [2.75, 3.05) is 0 Å². The van der Waals surface area contributed by atoms with Gasteiger partial charge in [0.25, 0.3) is 5.56 Å². The lowest BCUT2D eigenvalue weighted by Crippen LogP contribution is -2.29. The maximum Gasteiger partial charge on any atom is 0.421 e. The molecule has 19 heavy (non-hydrogen) atoms. The molecule has 0 saturated carbocycles. The number of alkyl halides is 3. The molecule has 2 nitrogen and oxygen atoms in total. The summed E-state index contributed by atoms with van der Waals surface area (Å²) in [5.74, 6) is 0. The predicted molar refractivity (Wildman–Crippen MR) is 74.0 cm³/mol. The highest BCUT2D eigenvalue weighted by molar-refractivity contribution is 14.1. The largest absolute Gasteiger partial charge is 0.421 e. The van der Waals surface area contributed by atoms with Crippen LogP contribution in [0.3, 0.4) is 0 Å². The summed E-state index contributed by atoms with van der Waals surface area (Å²) in [6, 6.07) is 9.75. The van der Waals surface area contributed by atoms with Crippen LogP contribution in [0, 0.1) is 3.57 Å². The summed E-state index contributed by atoms with van der Waals surface area (Å²) >= 11 is 1.77. The Labute approximate surface area is 121 Å². The lowest BCUT2D eigenvalue weighted by atomic mass is 10.2. The fourth-order valence-electron chi connectivity index (χ4n) is 1.70. The lowest BCUT2D eigenvalue weighted by Gasteiger charge is -2.11. The zero-order chi connectivity index (χ0) is 14.0. The smallest absolute Gasteiger partial charge is 0.310 e. The number of halogens is 4. The van der Waals surface area contributed by atoms with Crippen molar-refractivity contribution in [2.24, 2.45) is 0 Å². The van der Waals surface area contributed by atoms with Crippen LogP contribution in [-0.4, -0.2) is 4.57 Å². The van der Waals surface area contributed by atoms with E-state index in [9.17, 15) is 18.0 Å². The van der Waals surface area contributed by atoms with Gasteiger partial charge in [-0.25, -0.2) is 0 Å². The molecule has 0 spiro atoms. The van der Waals surface area contributed by atoms with Crippen molar-refractivity contribution in [3.63, 3.8) is 0 Å². The Morgan fingerprint density at radius 3 is 2.37 bits per heavy atom. The second kappa shape index (κ2) is 5.36. The molecule has 0 radical (unpaired) electrons. The predicted octanol–water partition coefficient (Wildman–Crippen LogP) is 3.52. The summed E-state index contributed by atoms with van der Waals surface area (Å²) in [6.45, 7) is 0.125. The number of benzene rings is 1. The van der Waals surface area contributed by atoms with E-state index in [0.717, 1.165) is 16.2 Å². The van der Waals surface area contributed by atoms with Crippen LogP contribution in [0.1, 0.15) is 11.1 Å². The van der Waals surface area contributed by atoms with Crippen LogP contribution < -0.4 is 5.56 Å². The molecule has 6 heteroatoms. The number of nitrogens with zero attached hydrogens (tertiary/aromatic N) is 1. The van der Waals surface area contributed by atoms with Gasteiger partial charge in [0.05, 0.1) is 6.54 Å². The summed E-state index contributed by atoms with van der Waals surface area (Å²) < 4.78 is 39.7. The third-order valence-electron chi connectivity index (χ3n) is 2.55. The van der Waals surface area contributed by atoms with E-state index in [0.29, 0.717) is 3.57 Å². The molecule has 0 bridgehead atoms. The molecule has 0 unspecified atom stereocenters. The van der Waals surface area contributed by atoms with Gasteiger partial charge in [0.15, 0.2) is 0 Å². The van der Waals surface area contributed by atoms with Gasteiger partial charge in [0.1, 0.15) is 5.56 Å². The topological polar surface area (TPSA) is 22.0 Å². The van der Waals surface area contributed by atoms with E-state index in [1.165, 1.54) is 6.20 Å². The average molecular weight is 379 g/mol. The number of rotatable bonds is 2. The SMILES string of the molecule is O=c1c(C(F)(F)F)cc(I)cn1Cc1ccccc1. The van der Waals surface area contributed by atoms with Crippen molar-refractivity contribution in [3.8, 4) is 0 Å². The van der Waals surface area contributed by atoms with Crippen LogP contribution in [0.4, 0.5) is 13.2 Å². The van der Waals surface area contributed by atoms with E-state index >= 15 is 0 Å². The molecule has 1 aromatic heterocycles. The zero-order valence-corrected chi connectivity index (χ0v) is 11.8. The number of pyridine rings is 1. The van der Waals surface area contributed by atoms with Gasteiger partial charge in [-0.2, -0.15) is 13.2 Å². The Balaban J connectivity index is 2.48. The Hall–Kier alpha value is -1.31. The fourth-order valence-corrected chi connectivity index (χ4v) is 2.35. The molecule has 0 N–H and O–H groups in total. The first-order valence-corrected chi connectivity index (χ1v) is 6.47. The summed E-state index contributed by atoms with van der Waals surface area (Å²) in [5, 5.41) is 0. The normalized spacial score (nSPS) is 11.6. The van der Waals surface area contributed by atoms with Gasteiger partial charge >= 0.3 is 6.18 Å². The minimum Gasteiger partial charge on any atom is -0.310 e. The molecule has 2 rings (SSSR count). The van der Waals surface area contributed by atoms with Crippen LogP contribution in [0.25, 0.3) is 0 Å². The van der Waals surface area contributed by atoms with Crippen molar-refractivity contribution in [3.05, 3.63) is 67.6 Å². The molecule has 0 aliphatic rings. The van der Waals surface area contributed by atoms with Gasteiger partial charge in [0, 0.05) is 9.77 Å². The highest BCUT2D eigenvalue weighted by Crippen LogP contribution is 2.27. The molecular weight excluding hydrogens is 370 g/mol. The number of hydrogen-bond acceptors (Lipinski definition) is 1. The summed E-state index contributed by atoms with van der Waals surface area (Å²) in [5.41, 5.74) is -1.37. The monoisotopic (exact) mass is 379 g/mol. The van der Waals surface area contributed by atoms with Crippen LogP contribution >= 0.6 is 22.6 Å². The molecular formula is C13H9F3INO. The second-order valence-electron chi connectivity index (χ2n) is 3.99. The van der Waals surface area contributed by atoms with Gasteiger partial charge in [-0.05, 0) is 34.2 Å². The molecule has 0 aliphatic heterocycles. The van der Waals surface area contributed by atoms with Crippen molar-refractivity contribution in [2.45, 2.75) is 12.7 Å². The molecule has 0 amide bonds. The molecule has 1 heterocycles. The van der Waals surface area contributed by atoms with Gasteiger partial charge in [-0.1, -0.05) is 30.3 Å². The van der Waals surface area contributed by atoms with Gasteiger partial charge in [0.2, 0.25) is 0 Å². The first kappa shape index (κ1) is 14.1. The highest BCUT2D eigenvalue weighted by atomic mass is 127. The standard InChI is InChI=1S/C13H9F3INO/c14-13(15,16)11-6-10(17)8-18(12(11)19)7-9-4-2-1-3-5-9/h1-6,8H,7H2. The Bertz CT molecular complexity index is 635.